The molecule has 24 heavy (non-hydrogen) atoms. The molecule has 2 rings (SSSR count). The molecule has 1 unspecified atom stereocenters. The highest BCUT2D eigenvalue weighted by atomic mass is 79.9. The number of hydrogen-bond donors (Lipinski definition) is 0. The molecule has 0 spiro atoms. The molecule has 1 amide bonds. The van der Waals surface area contributed by atoms with Gasteiger partial charge in [-0.3, -0.25) is 4.79 Å². The topological polar surface area (TPSA) is 44.1 Å². The Bertz CT molecular complexity index is 740. The third-order valence-electron chi connectivity index (χ3n) is 3.55. The van der Waals surface area contributed by atoms with Gasteiger partial charge in [-0.25, -0.2) is 0 Å². The predicted molar refractivity (Wildman–Crippen MR) is 103 cm³/mol. The molecule has 0 N–H and O–H groups in total. The molecule has 0 fully saturated rings. The molecule has 1 atom stereocenters. The SMILES string of the molecule is Cc1ccc(N(CCC#N)C(=O)C(C)Sc2ccccc2Br)cc1. The molecule has 0 aliphatic rings. The summed E-state index contributed by atoms with van der Waals surface area (Å²) in [5.41, 5.74) is 1.97. The standard InChI is InChI=1S/C19H19BrN2OS/c1-14-8-10-16(11-9-14)22(13-5-12-21)19(23)15(2)24-18-7-4-3-6-17(18)20/h3-4,6-11,15H,5,13H2,1-2H3. The predicted octanol–water partition coefficient (Wildman–Crippen LogP) is 5.19. The smallest absolute Gasteiger partial charge is 0.240 e. The van der Waals surface area contributed by atoms with Gasteiger partial charge in [0.2, 0.25) is 5.91 Å². The van der Waals surface area contributed by atoms with Gasteiger partial charge in [-0.2, -0.15) is 5.26 Å². The molecule has 0 aromatic heterocycles. The summed E-state index contributed by atoms with van der Waals surface area (Å²) in [5.74, 6) is 0.00913. The Morgan fingerprint density at radius 1 is 1.25 bits per heavy atom. The lowest BCUT2D eigenvalue weighted by Crippen LogP contribution is -2.37. The van der Waals surface area contributed by atoms with Crippen molar-refractivity contribution >= 4 is 39.3 Å². The number of amides is 1. The summed E-state index contributed by atoms with van der Waals surface area (Å²) in [6.45, 7) is 4.32. The summed E-state index contributed by atoms with van der Waals surface area (Å²) in [4.78, 5) is 15.7. The lowest BCUT2D eigenvalue weighted by molar-refractivity contribution is -0.117. The zero-order valence-corrected chi connectivity index (χ0v) is 16.1. The maximum Gasteiger partial charge on any atom is 0.240 e. The van der Waals surface area contributed by atoms with Crippen LogP contribution in [0.2, 0.25) is 0 Å². The van der Waals surface area contributed by atoms with Gasteiger partial charge in [0.05, 0.1) is 17.7 Å². The van der Waals surface area contributed by atoms with E-state index < -0.39 is 0 Å². The minimum absolute atomic E-state index is 0.00913. The molecule has 2 aromatic rings. The van der Waals surface area contributed by atoms with Crippen molar-refractivity contribution in [2.75, 3.05) is 11.4 Å². The van der Waals surface area contributed by atoms with Gasteiger partial charge in [0.1, 0.15) is 0 Å². The molecule has 0 bridgehead atoms. The lowest BCUT2D eigenvalue weighted by atomic mass is 10.2. The fourth-order valence-corrected chi connectivity index (χ4v) is 3.77. The van der Waals surface area contributed by atoms with E-state index in [4.69, 9.17) is 5.26 Å². The Balaban J connectivity index is 2.19. The number of halogens is 1. The van der Waals surface area contributed by atoms with Crippen LogP contribution in [0.4, 0.5) is 5.69 Å². The van der Waals surface area contributed by atoms with Crippen molar-refractivity contribution in [1.82, 2.24) is 0 Å². The van der Waals surface area contributed by atoms with E-state index in [9.17, 15) is 4.79 Å². The molecule has 2 aromatic carbocycles. The second-order valence-electron chi connectivity index (χ2n) is 5.42. The van der Waals surface area contributed by atoms with Gasteiger partial charge in [0, 0.05) is 21.6 Å². The van der Waals surface area contributed by atoms with Gasteiger partial charge >= 0.3 is 0 Å². The van der Waals surface area contributed by atoms with E-state index in [-0.39, 0.29) is 11.2 Å². The van der Waals surface area contributed by atoms with E-state index in [0.29, 0.717) is 13.0 Å². The first-order chi connectivity index (χ1) is 11.5. The fraction of sp³-hybridized carbons (Fsp3) is 0.263. The maximum atomic E-state index is 12.9. The molecule has 0 radical (unpaired) electrons. The van der Waals surface area contributed by atoms with Crippen LogP contribution in [0, 0.1) is 18.3 Å². The van der Waals surface area contributed by atoms with Crippen molar-refractivity contribution in [3.63, 3.8) is 0 Å². The molecule has 0 heterocycles. The molecule has 3 nitrogen and oxygen atoms in total. The number of hydrogen-bond acceptors (Lipinski definition) is 3. The van der Waals surface area contributed by atoms with Crippen LogP contribution in [0.15, 0.2) is 57.9 Å². The van der Waals surface area contributed by atoms with E-state index in [1.807, 2.05) is 62.4 Å². The molecule has 0 aliphatic carbocycles. The van der Waals surface area contributed by atoms with Crippen LogP contribution in [0.5, 0.6) is 0 Å². The highest BCUT2D eigenvalue weighted by molar-refractivity contribution is 9.10. The summed E-state index contributed by atoms with van der Waals surface area (Å²) in [6.07, 6.45) is 0.312. The third-order valence-corrected chi connectivity index (χ3v) is 5.67. The number of nitrogens with zero attached hydrogens (tertiary/aromatic N) is 2. The molecule has 0 saturated heterocycles. The second-order valence-corrected chi connectivity index (χ2v) is 7.66. The Morgan fingerprint density at radius 2 is 1.92 bits per heavy atom. The number of rotatable bonds is 6. The first kappa shape index (κ1) is 18.6. The summed E-state index contributed by atoms with van der Waals surface area (Å²) in [7, 11) is 0. The largest absolute Gasteiger partial charge is 0.310 e. The van der Waals surface area contributed by atoms with Gasteiger partial charge in [0.15, 0.2) is 0 Å². The maximum absolute atomic E-state index is 12.9. The Hall–Kier alpha value is -1.77. The van der Waals surface area contributed by atoms with Crippen LogP contribution < -0.4 is 4.90 Å². The number of anilines is 1. The first-order valence-electron chi connectivity index (χ1n) is 7.69. The van der Waals surface area contributed by atoms with Gasteiger partial charge in [-0.15, -0.1) is 11.8 Å². The Kier molecular flexibility index (Phi) is 6.89. The molecule has 0 aliphatic heterocycles. The Labute approximate surface area is 155 Å². The van der Waals surface area contributed by atoms with Crippen molar-refractivity contribution in [3.05, 3.63) is 58.6 Å². The van der Waals surface area contributed by atoms with E-state index in [1.54, 1.807) is 4.90 Å². The number of aryl methyl sites for hydroxylation is 1. The third kappa shape index (κ3) is 4.86. The van der Waals surface area contributed by atoms with Gasteiger partial charge < -0.3 is 4.90 Å². The van der Waals surface area contributed by atoms with Gasteiger partial charge in [0.25, 0.3) is 0 Å². The Morgan fingerprint density at radius 3 is 2.54 bits per heavy atom. The normalized spacial score (nSPS) is 11.6. The number of benzene rings is 2. The summed E-state index contributed by atoms with van der Waals surface area (Å²) in [6, 6.07) is 17.8. The van der Waals surface area contributed by atoms with Gasteiger partial charge in [-0.1, -0.05) is 29.8 Å². The van der Waals surface area contributed by atoms with Crippen LogP contribution >= 0.6 is 27.7 Å². The lowest BCUT2D eigenvalue weighted by Gasteiger charge is -2.25. The molecule has 5 heteroatoms. The number of carbonyl (C=O) groups excluding carboxylic acids is 1. The van der Waals surface area contributed by atoms with Crippen LogP contribution in [-0.4, -0.2) is 17.7 Å². The number of nitriles is 1. The zero-order chi connectivity index (χ0) is 17.5. The van der Waals surface area contributed by atoms with E-state index in [1.165, 1.54) is 11.8 Å². The summed E-state index contributed by atoms with van der Waals surface area (Å²) >= 11 is 5.03. The quantitative estimate of drug-likeness (QED) is 0.624. The fourth-order valence-electron chi connectivity index (χ4n) is 2.25. The number of carbonyl (C=O) groups is 1. The zero-order valence-electron chi connectivity index (χ0n) is 13.7. The average Bonchev–Trinajstić information content (AvgIpc) is 2.58. The monoisotopic (exact) mass is 402 g/mol. The van der Waals surface area contributed by atoms with E-state index in [0.717, 1.165) is 20.6 Å². The van der Waals surface area contributed by atoms with Gasteiger partial charge in [-0.05, 0) is 54.0 Å². The van der Waals surface area contributed by atoms with Crippen molar-refractivity contribution < 1.29 is 4.79 Å². The number of thioether (sulfide) groups is 1. The second kappa shape index (κ2) is 8.91. The molecular weight excluding hydrogens is 384 g/mol. The first-order valence-corrected chi connectivity index (χ1v) is 9.36. The molecular formula is C19H19BrN2OS. The van der Waals surface area contributed by atoms with Crippen molar-refractivity contribution in [1.29, 1.82) is 5.26 Å². The van der Waals surface area contributed by atoms with Crippen LogP contribution in [0.1, 0.15) is 18.9 Å². The molecule has 124 valence electrons. The highest BCUT2D eigenvalue weighted by Crippen LogP contribution is 2.32. The van der Waals surface area contributed by atoms with Crippen molar-refractivity contribution in [2.45, 2.75) is 30.4 Å². The van der Waals surface area contributed by atoms with Crippen molar-refractivity contribution in [3.8, 4) is 6.07 Å². The average molecular weight is 403 g/mol. The summed E-state index contributed by atoms with van der Waals surface area (Å²) < 4.78 is 0.980. The van der Waals surface area contributed by atoms with Crippen molar-refractivity contribution in [2.24, 2.45) is 0 Å². The van der Waals surface area contributed by atoms with E-state index in [2.05, 4.69) is 22.0 Å². The minimum Gasteiger partial charge on any atom is -0.310 e. The van der Waals surface area contributed by atoms with Crippen LogP contribution in [0.25, 0.3) is 0 Å². The molecule has 0 saturated carbocycles. The highest BCUT2D eigenvalue weighted by Gasteiger charge is 2.23. The summed E-state index contributed by atoms with van der Waals surface area (Å²) in [5, 5.41) is 8.65. The minimum atomic E-state index is -0.247. The van der Waals surface area contributed by atoms with E-state index >= 15 is 0 Å². The van der Waals surface area contributed by atoms with Crippen LogP contribution in [-0.2, 0) is 4.79 Å². The van der Waals surface area contributed by atoms with Crippen LogP contribution in [0.3, 0.4) is 0 Å².